The summed E-state index contributed by atoms with van der Waals surface area (Å²) in [4.78, 5) is 10.7. The molecule has 3 nitrogen and oxygen atoms in total. The third kappa shape index (κ3) is 5.65. The lowest BCUT2D eigenvalue weighted by Crippen LogP contribution is -2.19. The lowest BCUT2D eigenvalue weighted by Gasteiger charge is -2.19. The van der Waals surface area contributed by atoms with Crippen molar-refractivity contribution in [2.75, 3.05) is 5.32 Å². The molecule has 2 N–H and O–H groups in total. The van der Waals surface area contributed by atoms with Crippen LogP contribution in [0.5, 0.6) is 0 Å². The Morgan fingerprint density at radius 3 is 2.43 bits per heavy atom. The number of rotatable bonds is 7. The van der Waals surface area contributed by atoms with Crippen LogP contribution in [0.4, 0.5) is 18.9 Å². The number of nitrogens with one attached hydrogen (secondary N) is 1. The second-order valence-corrected chi connectivity index (χ2v) is 5.26. The zero-order valence-electron chi connectivity index (χ0n) is 12.1. The van der Waals surface area contributed by atoms with E-state index in [4.69, 9.17) is 5.11 Å². The molecule has 0 aliphatic carbocycles. The first-order valence-electron chi connectivity index (χ1n) is 6.87. The Balaban J connectivity index is 2.56. The summed E-state index contributed by atoms with van der Waals surface area (Å²) in [5, 5.41) is 11.6. The van der Waals surface area contributed by atoms with Crippen molar-refractivity contribution in [1.29, 1.82) is 0 Å². The molecule has 0 saturated heterocycles. The molecule has 1 aromatic rings. The Bertz CT molecular complexity index is 474. The van der Waals surface area contributed by atoms with Crippen molar-refractivity contribution < 1.29 is 23.1 Å². The first kappa shape index (κ1) is 17.3. The van der Waals surface area contributed by atoms with Gasteiger partial charge in [0.2, 0.25) is 0 Å². The van der Waals surface area contributed by atoms with Crippen LogP contribution < -0.4 is 5.32 Å². The fourth-order valence-corrected chi connectivity index (χ4v) is 2.05. The number of carboxylic acid groups (broad SMARTS) is 1. The average molecular weight is 303 g/mol. The van der Waals surface area contributed by atoms with Crippen LogP contribution in [0.2, 0.25) is 0 Å². The Hall–Kier alpha value is -1.72. The van der Waals surface area contributed by atoms with Gasteiger partial charge in [0.15, 0.2) is 0 Å². The minimum Gasteiger partial charge on any atom is -0.481 e. The summed E-state index contributed by atoms with van der Waals surface area (Å²) in [6.45, 7) is 3.41. The fraction of sp³-hybridized carbons (Fsp3) is 0.533. The molecule has 0 aromatic heterocycles. The van der Waals surface area contributed by atoms with E-state index in [1.165, 1.54) is 12.1 Å². The monoisotopic (exact) mass is 303 g/mol. The molecule has 21 heavy (non-hydrogen) atoms. The van der Waals surface area contributed by atoms with Crippen molar-refractivity contribution in [2.24, 2.45) is 5.92 Å². The normalized spacial score (nSPS) is 14.5. The van der Waals surface area contributed by atoms with Gasteiger partial charge in [-0.2, -0.15) is 13.2 Å². The first-order valence-corrected chi connectivity index (χ1v) is 6.87. The van der Waals surface area contributed by atoms with E-state index in [1.54, 1.807) is 19.9 Å². The summed E-state index contributed by atoms with van der Waals surface area (Å²) in [5.74, 6) is -1.28. The molecule has 2 unspecified atom stereocenters. The van der Waals surface area contributed by atoms with E-state index < -0.39 is 23.6 Å². The number of carbonyl (C=O) groups is 1. The Morgan fingerprint density at radius 2 is 1.86 bits per heavy atom. The molecule has 0 spiro atoms. The Kier molecular flexibility index (Phi) is 6.05. The Morgan fingerprint density at radius 1 is 1.24 bits per heavy atom. The smallest absolute Gasteiger partial charge is 0.418 e. The molecule has 0 heterocycles. The van der Waals surface area contributed by atoms with Crippen molar-refractivity contribution in [3.8, 4) is 0 Å². The van der Waals surface area contributed by atoms with Crippen LogP contribution in [0, 0.1) is 5.92 Å². The highest BCUT2D eigenvalue weighted by Crippen LogP contribution is 2.35. The summed E-state index contributed by atoms with van der Waals surface area (Å²) in [5.41, 5.74) is -0.625. The zero-order chi connectivity index (χ0) is 16.0. The average Bonchev–Trinajstić information content (AvgIpc) is 2.37. The number of alkyl halides is 3. The summed E-state index contributed by atoms with van der Waals surface area (Å²) < 4.78 is 38.5. The fourth-order valence-electron chi connectivity index (χ4n) is 2.05. The molecule has 1 rings (SSSR count). The molecule has 2 atom stereocenters. The van der Waals surface area contributed by atoms with Gasteiger partial charge in [-0.1, -0.05) is 25.5 Å². The second-order valence-electron chi connectivity index (χ2n) is 5.26. The zero-order valence-corrected chi connectivity index (χ0v) is 12.1. The molecule has 0 amide bonds. The molecule has 6 heteroatoms. The highest BCUT2D eigenvalue weighted by Gasteiger charge is 2.33. The molecule has 118 valence electrons. The van der Waals surface area contributed by atoms with Gasteiger partial charge in [0.1, 0.15) is 0 Å². The van der Waals surface area contributed by atoms with Crippen molar-refractivity contribution in [3.05, 3.63) is 29.8 Å². The van der Waals surface area contributed by atoms with Crippen LogP contribution in [0.25, 0.3) is 0 Å². The Labute approximate surface area is 122 Å². The topological polar surface area (TPSA) is 49.3 Å². The van der Waals surface area contributed by atoms with Gasteiger partial charge in [0.25, 0.3) is 0 Å². The van der Waals surface area contributed by atoms with Crippen molar-refractivity contribution in [1.82, 2.24) is 0 Å². The minimum atomic E-state index is -4.39. The van der Waals surface area contributed by atoms with E-state index in [1.807, 2.05) is 0 Å². The number of anilines is 1. The molecular formula is C15H20F3NO2. The van der Waals surface area contributed by atoms with Gasteiger partial charge in [0, 0.05) is 11.7 Å². The number of carboxylic acids is 1. The van der Waals surface area contributed by atoms with E-state index in [0.29, 0.717) is 19.3 Å². The number of hydrogen-bond acceptors (Lipinski definition) is 2. The lowest BCUT2D eigenvalue weighted by atomic mass is 10.0. The largest absolute Gasteiger partial charge is 0.481 e. The standard InChI is InChI=1S/C15H20F3NO2/c1-10(14(20)21)6-5-7-11(2)19-13-9-4-3-8-12(13)15(16,17)18/h3-4,8-11,19H,5-7H2,1-2H3,(H,20,21). The number of hydrogen-bond donors (Lipinski definition) is 2. The van der Waals surface area contributed by atoms with Gasteiger partial charge < -0.3 is 10.4 Å². The molecular weight excluding hydrogens is 283 g/mol. The van der Waals surface area contributed by atoms with Crippen LogP contribution in [-0.2, 0) is 11.0 Å². The van der Waals surface area contributed by atoms with Crippen molar-refractivity contribution in [2.45, 2.75) is 45.3 Å². The van der Waals surface area contributed by atoms with Crippen LogP contribution >= 0.6 is 0 Å². The number of halogens is 3. The van der Waals surface area contributed by atoms with Crippen LogP contribution in [-0.4, -0.2) is 17.1 Å². The van der Waals surface area contributed by atoms with E-state index >= 15 is 0 Å². The third-order valence-electron chi connectivity index (χ3n) is 3.33. The lowest BCUT2D eigenvalue weighted by molar-refractivity contribution is -0.141. The van der Waals surface area contributed by atoms with E-state index in [0.717, 1.165) is 6.07 Å². The quantitative estimate of drug-likeness (QED) is 0.785. The van der Waals surface area contributed by atoms with Gasteiger partial charge in [-0.25, -0.2) is 0 Å². The van der Waals surface area contributed by atoms with Crippen LogP contribution in [0.3, 0.4) is 0 Å². The number of para-hydroxylation sites is 1. The first-order chi connectivity index (χ1) is 9.71. The molecule has 0 aliphatic heterocycles. The third-order valence-corrected chi connectivity index (χ3v) is 3.33. The predicted molar refractivity (Wildman–Crippen MR) is 75.2 cm³/mol. The maximum absolute atomic E-state index is 12.8. The molecule has 1 aromatic carbocycles. The van der Waals surface area contributed by atoms with E-state index in [-0.39, 0.29) is 11.7 Å². The van der Waals surface area contributed by atoms with E-state index in [2.05, 4.69) is 5.32 Å². The maximum atomic E-state index is 12.8. The second kappa shape index (κ2) is 7.33. The highest BCUT2D eigenvalue weighted by atomic mass is 19.4. The van der Waals surface area contributed by atoms with Gasteiger partial charge >= 0.3 is 12.1 Å². The summed E-state index contributed by atoms with van der Waals surface area (Å²) in [6.07, 6.45) is -2.61. The van der Waals surface area contributed by atoms with Crippen LogP contribution in [0.15, 0.2) is 24.3 Å². The maximum Gasteiger partial charge on any atom is 0.418 e. The van der Waals surface area contributed by atoms with E-state index in [9.17, 15) is 18.0 Å². The summed E-state index contributed by atoms with van der Waals surface area (Å²) in [7, 11) is 0. The van der Waals surface area contributed by atoms with Gasteiger partial charge in [-0.3, -0.25) is 4.79 Å². The molecule has 0 saturated carbocycles. The summed E-state index contributed by atoms with van der Waals surface area (Å²) in [6, 6.07) is 5.19. The molecule has 0 aliphatic rings. The predicted octanol–water partition coefficient (Wildman–Crippen LogP) is 4.40. The molecule has 0 fully saturated rings. The van der Waals surface area contributed by atoms with Crippen molar-refractivity contribution in [3.63, 3.8) is 0 Å². The van der Waals surface area contributed by atoms with Gasteiger partial charge in [0.05, 0.1) is 11.5 Å². The SMILES string of the molecule is CC(CCCC(C)C(=O)O)Nc1ccccc1C(F)(F)F. The van der Waals surface area contributed by atoms with Crippen molar-refractivity contribution >= 4 is 11.7 Å². The summed E-state index contributed by atoms with van der Waals surface area (Å²) >= 11 is 0. The molecule has 0 bridgehead atoms. The number of aliphatic carboxylic acids is 1. The van der Waals surface area contributed by atoms with Gasteiger partial charge in [-0.15, -0.1) is 0 Å². The molecule has 0 radical (unpaired) electrons. The van der Waals surface area contributed by atoms with Gasteiger partial charge in [-0.05, 0) is 31.9 Å². The highest BCUT2D eigenvalue weighted by molar-refractivity contribution is 5.69. The van der Waals surface area contributed by atoms with Crippen LogP contribution in [0.1, 0.15) is 38.7 Å². The number of benzene rings is 1. The minimum absolute atomic E-state index is 0.0591.